The first kappa shape index (κ1) is 21.8. The van der Waals surface area contributed by atoms with E-state index in [1.165, 1.54) is 0 Å². The van der Waals surface area contributed by atoms with Gasteiger partial charge < -0.3 is 15.4 Å². The molecule has 0 fully saturated rings. The van der Waals surface area contributed by atoms with Crippen LogP contribution in [-0.2, 0) is 9.59 Å². The number of aromatic nitrogens is 1. The maximum atomic E-state index is 13.5. The van der Waals surface area contributed by atoms with Gasteiger partial charge in [-0.2, -0.15) is 4.98 Å². The van der Waals surface area contributed by atoms with Gasteiger partial charge in [-0.3, -0.25) is 14.5 Å². The lowest BCUT2D eigenvalue weighted by molar-refractivity contribution is -0.134. The Labute approximate surface area is 177 Å². The van der Waals surface area contributed by atoms with E-state index in [9.17, 15) is 9.59 Å². The van der Waals surface area contributed by atoms with Crippen molar-refractivity contribution >= 4 is 29.0 Å². The molecule has 2 atom stereocenters. The molecule has 160 valence electrons. The number of fused-ring (bicyclic) bond motifs is 1. The first-order valence-electron chi connectivity index (χ1n) is 10.3. The Kier molecular flexibility index (Phi) is 6.41. The molecule has 1 unspecified atom stereocenters. The minimum absolute atomic E-state index is 0.121. The lowest BCUT2D eigenvalue weighted by Crippen LogP contribution is -2.53. The molecule has 2 N–H and O–H groups in total. The monoisotopic (exact) mass is 410 g/mol. The van der Waals surface area contributed by atoms with Crippen LogP contribution in [0.5, 0.6) is 5.88 Å². The van der Waals surface area contributed by atoms with E-state index in [1.807, 2.05) is 37.3 Å². The summed E-state index contributed by atoms with van der Waals surface area (Å²) in [6.07, 6.45) is 1.41. The average Bonchev–Trinajstić information content (AvgIpc) is 2.73. The molecule has 1 aliphatic heterocycles. The summed E-state index contributed by atoms with van der Waals surface area (Å²) in [6, 6.07) is 12.6. The zero-order valence-electron chi connectivity index (χ0n) is 18.2. The average molecular weight is 411 g/mol. The van der Waals surface area contributed by atoms with E-state index in [-0.39, 0.29) is 17.9 Å². The lowest BCUT2D eigenvalue weighted by Gasteiger charge is -2.40. The molecule has 2 aromatic rings. The van der Waals surface area contributed by atoms with Crippen LogP contribution in [-0.4, -0.2) is 35.5 Å². The summed E-state index contributed by atoms with van der Waals surface area (Å²) in [5.74, 6) is 0.837. The van der Waals surface area contributed by atoms with E-state index in [1.54, 1.807) is 31.0 Å². The van der Waals surface area contributed by atoms with Gasteiger partial charge in [-0.1, -0.05) is 32.0 Å². The van der Waals surface area contributed by atoms with Crippen LogP contribution < -0.4 is 20.3 Å². The number of anilines is 3. The van der Waals surface area contributed by atoms with Crippen LogP contribution in [0, 0.1) is 5.92 Å². The quantitative estimate of drug-likeness (QED) is 0.724. The molecule has 3 rings (SSSR count). The highest BCUT2D eigenvalue weighted by Gasteiger charge is 2.45. The summed E-state index contributed by atoms with van der Waals surface area (Å²) < 4.78 is 6.17. The van der Waals surface area contributed by atoms with Crippen LogP contribution >= 0.6 is 0 Å². The fraction of sp³-hybridized carbons (Fsp3) is 0.435. The molecule has 0 radical (unpaired) electrons. The summed E-state index contributed by atoms with van der Waals surface area (Å²) in [5.41, 5.74) is 0.277. The molecule has 0 aliphatic carbocycles. The van der Waals surface area contributed by atoms with E-state index >= 15 is 0 Å². The van der Waals surface area contributed by atoms with Gasteiger partial charge in [0, 0.05) is 5.69 Å². The van der Waals surface area contributed by atoms with Crippen LogP contribution in [0.25, 0.3) is 0 Å². The van der Waals surface area contributed by atoms with Gasteiger partial charge in [-0.15, -0.1) is 0 Å². The standard InChI is InChI=1S/C23H30N4O3/c1-15(2)13-14-23(4)22(29)27(17-9-7-6-8-10-17)18-11-12-19(26-21(18)30-23)25-20(28)16(3)24-5/h6-12,15-16,24H,13-14H2,1-5H3,(H,25,26,28)/t16-,23?/m0/s1. The summed E-state index contributed by atoms with van der Waals surface area (Å²) in [6.45, 7) is 7.82. The number of ether oxygens (including phenoxy) is 1. The van der Waals surface area contributed by atoms with Crippen molar-refractivity contribution in [3.8, 4) is 5.88 Å². The highest BCUT2D eigenvalue weighted by molar-refractivity contribution is 6.08. The number of pyridine rings is 1. The molecular weight excluding hydrogens is 380 g/mol. The number of amides is 2. The Balaban J connectivity index is 2.01. The van der Waals surface area contributed by atoms with Crippen molar-refractivity contribution in [2.45, 2.75) is 52.2 Å². The predicted molar refractivity (Wildman–Crippen MR) is 118 cm³/mol. The number of likely N-dealkylation sites (N-methyl/N-ethyl adjacent to an activating group) is 1. The molecule has 0 spiro atoms. The third-order valence-corrected chi connectivity index (χ3v) is 5.35. The smallest absolute Gasteiger partial charge is 0.275 e. The topological polar surface area (TPSA) is 83.6 Å². The largest absolute Gasteiger partial charge is 0.460 e. The van der Waals surface area contributed by atoms with E-state index in [0.717, 1.165) is 12.1 Å². The molecule has 30 heavy (non-hydrogen) atoms. The van der Waals surface area contributed by atoms with Crippen LogP contribution in [0.3, 0.4) is 0 Å². The Morgan fingerprint density at radius 3 is 2.50 bits per heavy atom. The van der Waals surface area contributed by atoms with Crippen LogP contribution in [0.15, 0.2) is 42.5 Å². The number of rotatable bonds is 7. The van der Waals surface area contributed by atoms with E-state index in [4.69, 9.17) is 4.74 Å². The normalized spacial score (nSPS) is 19.3. The Morgan fingerprint density at radius 2 is 1.87 bits per heavy atom. The lowest BCUT2D eigenvalue weighted by atomic mass is 9.92. The van der Waals surface area contributed by atoms with Crippen LogP contribution in [0.2, 0.25) is 0 Å². The molecule has 7 nitrogen and oxygen atoms in total. The third kappa shape index (κ3) is 4.46. The number of para-hydroxylation sites is 1. The van der Waals surface area contributed by atoms with Gasteiger partial charge in [0.2, 0.25) is 11.8 Å². The van der Waals surface area contributed by atoms with Gasteiger partial charge in [0.1, 0.15) is 11.5 Å². The molecule has 1 aromatic carbocycles. The highest BCUT2D eigenvalue weighted by Crippen LogP contribution is 2.43. The van der Waals surface area contributed by atoms with Crippen molar-refractivity contribution in [1.82, 2.24) is 10.3 Å². The molecular formula is C23H30N4O3. The van der Waals surface area contributed by atoms with Gasteiger partial charge in [-0.05, 0) is 63.9 Å². The second-order valence-corrected chi connectivity index (χ2v) is 8.26. The van der Waals surface area contributed by atoms with Crippen molar-refractivity contribution in [2.24, 2.45) is 5.92 Å². The van der Waals surface area contributed by atoms with Gasteiger partial charge >= 0.3 is 0 Å². The minimum atomic E-state index is -1.04. The van der Waals surface area contributed by atoms with Crippen LogP contribution in [0.1, 0.15) is 40.5 Å². The Bertz CT molecular complexity index is 916. The first-order chi connectivity index (χ1) is 14.2. The van der Waals surface area contributed by atoms with Crippen LogP contribution in [0.4, 0.5) is 17.2 Å². The second-order valence-electron chi connectivity index (χ2n) is 8.26. The summed E-state index contributed by atoms with van der Waals surface area (Å²) in [4.78, 5) is 31.9. The molecule has 1 aromatic heterocycles. The van der Waals surface area contributed by atoms with Crippen molar-refractivity contribution < 1.29 is 14.3 Å². The van der Waals surface area contributed by atoms with Crippen molar-refractivity contribution in [1.29, 1.82) is 0 Å². The van der Waals surface area contributed by atoms with E-state index < -0.39 is 5.60 Å². The number of nitrogens with zero attached hydrogens (tertiary/aromatic N) is 2. The summed E-state index contributed by atoms with van der Waals surface area (Å²) in [7, 11) is 1.72. The fourth-order valence-corrected chi connectivity index (χ4v) is 3.27. The number of carbonyl (C=O) groups is 2. The molecule has 7 heteroatoms. The maximum absolute atomic E-state index is 13.5. The van der Waals surface area contributed by atoms with E-state index in [2.05, 4.69) is 29.5 Å². The number of nitrogens with one attached hydrogen (secondary N) is 2. The fourth-order valence-electron chi connectivity index (χ4n) is 3.27. The Morgan fingerprint density at radius 1 is 1.17 bits per heavy atom. The van der Waals surface area contributed by atoms with Crippen molar-refractivity contribution in [2.75, 3.05) is 17.3 Å². The van der Waals surface area contributed by atoms with Gasteiger partial charge in [-0.25, -0.2) is 0 Å². The summed E-state index contributed by atoms with van der Waals surface area (Å²) in [5, 5.41) is 5.69. The molecule has 0 bridgehead atoms. The number of hydrogen-bond donors (Lipinski definition) is 2. The molecule has 0 saturated heterocycles. The highest BCUT2D eigenvalue weighted by atomic mass is 16.5. The number of benzene rings is 1. The van der Waals surface area contributed by atoms with Gasteiger partial charge in [0.15, 0.2) is 5.60 Å². The SMILES string of the molecule is CN[C@@H](C)C(=O)Nc1ccc2c(n1)OC(C)(CCC(C)C)C(=O)N2c1ccccc1. The van der Waals surface area contributed by atoms with Gasteiger partial charge in [0.25, 0.3) is 5.91 Å². The van der Waals surface area contributed by atoms with Gasteiger partial charge in [0.05, 0.1) is 6.04 Å². The number of carbonyl (C=O) groups excluding carboxylic acids is 2. The zero-order chi connectivity index (χ0) is 21.9. The van der Waals surface area contributed by atoms with E-state index in [0.29, 0.717) is 29.7 Å². The first-order valence-corrected chi connectivity index (χ1v) is 10.3. The summed E-state index contributed by atoms with van der Waals surface area (Å²) >= 11 is 0. The van der Waals surface area contributed by atoms with Crippen molar-refractivity contribution in [3.63, 3.8) is 0 Å². The Hall–Kier alpha value is -2.93. The molecule has 0 saturated carbocycles. The zero-order valence-corrected chi connectivity index (χ0v) is 18.2. The maximum Gasteiger partial charge on any atom is 0.275 e. The number of hydrogen-bond acceptors (Lipinski definition) is 5. The predicted octanol–water partition coefficient (Wildman–Crippen LogP) is 3.88. The molecule has 2 heterocycles. The minimum Gasteiger partial charge on any atom is -0.460 e. The second kappa shape index (κ2) is 8.83. The molecule has 1 aliphatic rings. The molecule has 2 amide bonds. The third-order valence-electron chi connectivity index (χ3n) is 5.35. The van der Waals surface area contributed by atoms with Crippen molar-refractivity contribution in [3.05, 3.63) is 42.5 Å².